The zero-order valence-corrected chi connectivity index (χ0v) is 14.6. The number of carbonyl (C=O) groups excluding carboxylic acids is 1. The first-order valence-electron chi connectivity index (χ1n) is 8.59. The predicted molar refractivity (Wildman–Crippen MR) is 89.1 cm³/mol. The molecule has 0 saturated heterocycles. The first-order valence-corrected chi connectivity index (χ1v) is 8.59. The normalized spacial score (nSPS) is 18.5. The van der Waals surface area contributed by atoms with Crippen LogP contribution in [0.3, 0.4) is 0 Å². The molecule has 21 heavy (non-hydrogen) atoms. The van der Waals surface area contributed by atoms with Gasteiger partial charge in [0.25, 0.3) is 0 Å². The molecule has 1 aliphatic carbocycles. The molecule has 1 aliphatic rings. The molecule has 1 unspecified atom stereocenters. The van der Waals surface area contributed by atoms with E-state index in [0.717, 1.165) is 45.4 Å². The van der Waals surface area contributed by atoms with Crippen molar-refractivity contribution in [1.29, 1.82) is 0 Å². The second-order valence-corrected chi connectivity index (χ2v) is 7.52. The van der Waals surface area contributed by atoms with Crippen molar-refractivity contribution in [2.75, 3.05) is 26.2 Å². The highest BCUT2D eigenvalue weighted by molar-refractivity contribution is 5.86. The van der Waals surface area contributed by atoms with Crippen molar-refractivity contribution in [3.05, 3.63) is 0 Å². The summed E-state index contributed by atoms with van der Waals surface area (Å²) in [6.07, 6.45) is 3.27. The van der Waals surface area contributed by atoms with Crippen LogP contribution in [0.4, 0.5) is 0 Å². The average molecular weight is 297 g/mol. The Morgan fingerprint density at radius 2 is 1.76 bits per heavy atom. The number of amides is 1. The molecule has 1 rings (SSSR count). The molecule has 3 N–H and O–H groups in total. The molecule has 4 heteroatoms. The van der Waals surface area contributed by atoms with Crippen molar-refractivity contribution in [3.8, 4) is 0 Å². The number of nitrogens with two attached hydrogens (primary N) is 1. The van der Waals surface area contributed by atoms with Crippen LogP contribution < -0.4 is 11.1 Å². The van der Waals surface area contributed by atoms with E-state index in [1.54, 1.807) is 0 Å². The number of rotatable bonds is 11. The van der Waals surface area contributed by atoms with E-state index in [-0.39, 0.29) is 5.91 Å². The van der Waals surface area contributed by atoms with Gasteiger partial charge in [0.15, 0.2) is 0 Å². The molecule has 0 heterocycles. The lowest BCUT2D eigenvalue weighted by molar-refractivity contribution is -0.126. The van der Waals surface area contributed by atoms with Gasteiger partial charge in [0.2, 0.25) is 5.91 Å². The minimum atomic E-state index is -0.528. The molecule has 124 valence electrons. The Kier molecular flexibility index (Phi) is 7.14. The number of nitrogens with zero attached hydrogens (tertiary/aromatic N) is 1. The highest BCUT2D eigenvalue weighted by Gasteiger charge is 2.50. The molecule has 0 aliphatic heterocycles. The lowest BCUT2D eigenvalue weighted by atomic mass is 9.90. The fourth-order valence-electron chi connectivity index (χ4n) is 3.21. The number of primary amides is 1. The van der Waals surface area contributed by atoms with Gasteiger partial charge < -0.3 is 16.0 Å². The fraction of sp³-hybridized carbons (Fsp3) is 0.941. The summed E-state index contributed by atoms with van der Waals surface area (Å²) in [5.41, 5.74) is 5.31. The third-order valence-electron chi connectivity index (χ3n) is 4.12. The molecule has 1 saturated carbocycles. The van der Waals surface area contributed by atoms with Gasteiger partial charge in [-0.05, 0) is 43.6 Å². The molecule has 4 nitrogen and oxygen atoms in total. The quantitative estimate of drug-likeness (QED) is 0.615. The minimum Gasteiger partial charge on any atom is -0.368 e. The molecular formula is C17H35N3O. The largest absolute Gasteiger partial charge is 0.368 e. The number of nitrogens with one attached hydrogen (secondary N) is 1. The van der Waals surface area contributed by atoms with Gasteiger partial charge in [-0.3, -0.25) is 4.79 Å². The summed E-state index contributed by atoms with van der Waals surface area (Å²) in [5.74, 6) is 1.44. The van der Waals surface area contributed by atoms with Crippen LogP contribution in [0, 0.1) is 17.8 Å². The third kappa shape index (κ3) is 5.59. The van der Waals surface area contributed by atoms with Crippen molar-refractivity contribution in [2.24, 2.45) is 23.5 Å². The molecule has 1 atom stereocenters. The average Bonchev–Trinajstić information content (AvgIpc) is 3.16. The summed E-state index contributed by atoms with van der Waals surface area (Å²) >= 11 is 0. The van der Waals surface area contributed by atoms with Crippen molar-refractivity contribution in [1.82, 2.24) is 10.2 Å². The summed E-state index contributed by atoms with van der Waals surface area (Å²) in [5, 5.41) is 3.51. The molecule has 0 bridgehead atoms. The number of hydrogen-bond donors (Lipinski definition) is 2. The predicted octanol–water partition coefficient (Wildman–Crippen LogP) is 2.23. The summed E-state index contributed by atoms with van der Waals surface area (Å²) in [6.45, 7) is 14.7. The fourth-order valence-corrected chi connectivity index (χ4v) is 3.21. The first-order chi connectivity index (χ1) is 9.81. The first kappa shape index (κ1) is 18.4. The van der Waals surface area contributed by atoms with Gasteiger partial charge in [0.1, 0.15) is 5.54 Å². The van der Waals surface area contributed by atoms with Crippen LogP contribution in [-0.4, -0.2) is 42.5 Å². The lowest BCUT2D eigenvalue weighted by Gasteiger charge is -2.38. The van der Waals surface area contributed by atoms with Gasteiger partial charge in [-0.2, -0.15) is 0 Å². The maximum atomic E-state index is 12.2. The maximum absolute atomic E-state index is 12.2. The van der Waals surface area contributed by atoms with Crippen LogP contribution in [0.5, 0.6) is 0 Å². The van der Waals surface area contributed by atoms with E-state index in [2.05, 4.69) is 44.8 Å². The summed E-state index contributed by atoms with van der Waals surface area (Å²) in [7, 11) is 0. The molecule has 0 spiro atoms. The Bertz CT molecular complexity index is 316. The molecule has 1 fully saturated rings. The number of carbonyl (C=O) groups is 1. The van der Waals surface area contributed by atoms with E-state index in [1.807, 2.05) is 0 Å². The highest BCUT2D eigenvalue weighted by Crippen LogP contribution is 2.40. The Hall–Kier alpha value is -0.610. The lowest BCUT2D eigenvalue weighted by Crippen LogP contribution is -2.63. The van der Waals surface area contributed by atoms with E-state index in [9.17, 15) is 4.79 Å². The number of hydrogen-bond acceptors (Lipinski definition) is 3. The highest BCUT2D eigenvalue weighted by atomic mass is 16.1. The van der Waals surface area contributed by atoms with Gasteiger partial charge in [-0.1, -0.05) is 34.6 Å². The molecule has 0 radical (unpaired) electrons. The molecular weight excluding hydrogens is 262 g/mol. The molecule has 0 aromatic carbocycles. The molecule has 0 aromatic rings. The topological polar surface area (TPSA) is 58.4 Å². The smallest absolute Gasteiger partial charge is 0.239 e. The van der Waals surface area contributed by atoms with Crippen molar-refractivity contribution < 1.29 is 4.79 Å². The van der Waals surface area contributed by atoms with E-state index in [1.165, 1.54) is 0 Å². The third-order valence-corrected chi connectivity index (χ3v) is 4.12. The summed E-state index contributed by atoms with van der Waals surface area (Å²) in [4.78, 5) is 14.7. The Morgan fingerprint density at radius 3 is 2.10 bits per heavy atom. The van der Waals surface area contributed by atoms with Crippen LogP contribution in [0.15, 0.2) is 0 Å². The van der Waals surface area contributed by atoms with E-state index in [0.29, 0.717) is 17.8 Å². The van der Waals surface area contributed by atoms with Crippen molar-refractivity contribution >= 4 is 5.91 Å². The summed E-state index contributed by atoms with van der Waals surface area (Å²) in [6, 6.07) is 0. The second kappa shape index (κ2) is 8.14. The van der Waals surface area contributed by atoms with Crippen LogP contribution in [0.25, 0.3) is 0 Å². The second-order valence-electron chi connectivity index (χ2n) is 7.52. The van der Waals surface area contributed by atoms with E-state index in [4.69, 9.17) is 5.73 Å². The summed E-state index contributed by atoms with van der Waals surface area (Å²) < 4.78 is 0. The van der Waals surface area contributed by atoms with Gasteiger partial charge in [-0.15, -0.1) is 0 Å². The van der Waals surface area contributed by atoms with Gasteiger partial charge in [-0.25, -0.2) is 0 Å². The maximum Gasteiger partial charge on any atom is 0.239 e. The van der Waals surface area contributed by atoms with Gasteiger partial charge in [0.05, 0.1) is 0 Å². The monoisotopic (exact) mass is 297 g/mol. The Labute approximate surface area is 130 Å². The Balaban J connectivity index is 2.86. The van der Waals surface area contributed by atoms with Gasteiger partial charge in [0, 0.05) is 19.6 Å². The molecule has 0 aromatic heterocycles. The van der Waals surface area contributed by atoms with Crippen LogP contribution in [0.2, 0.25) is 0 Å². The van der Waals surface area contributed by atoms with Crippen LogP contribution in [0.1, 0.15) is 53.9 Å². The van der Waals surface area contributed by atoms with Crippen molar-refractivity contribution in [2.45, 2.75) is 59.4 Å². The van der Waals surface area contributed by atoms with E-state index < -0.39 is 5.54 Å². The van der Waals surface area contributed by atoms with E-state index >= 15 is 0 Å². The van der Waals surface area contributed by atoms with Crippen molar-refractivity contribution in [3.63, 3.8) is 0 Å². The standard InChI is InChI=1S/C17H35N3O/c1-6-9-19-17(16(18)21,15-7-8-15)12-20(10-13(2)3)11-14(4)5/h13-15,19H,6-12H2,1-5H3,(H2,18,21). The zero-order chi connectivity index (χ0) is 16.0. The SMILES string of the molecule is CCCNC(CN(CC(C)C)CC(C)C)(C(N)=O)C1CC1. The zero-order valence-electron chi connectivity index (χ0n) is 14.6. The van der Waals surface area contributed by atoms with Crippen LogP contribution >= 0.6 is 0 Å². The molecule has 1 amide bonds. The Morgan fingerprint density at radius 1 is 1.24 bits per heavy atom. The van der Waals surface area contributed by atoms with Crippen LogP contribution in [-0.2, 0) is 4.79 Å². The minimum absolute atomic E-state index is 0.170. The van der Waals surface area contributed by atoms with Gasteiger partial charge >= 0.3 is 0 Å².